The molecule has 2 aromatic heterocycles. The summed E-state index contributed by atoms with van der Waals surface area (Å²) in [4.78, 5) is 13.5. The largest absolute Gasteiger partial charge is 0.469 e. The van der Waals surface area contributed by atoms with E-state index in [-0.39, 0.29) is 24.0 Å². The van der Waals surface area contributed by atoms with E-state index in [4.69, 9.17) is 14.1 Å². The highest BCUT2D eigenvalue weighted by molar-refractivity contribution is 14.0. The number of rotatable bonds is 10. The Bertz CT molecular complexity index is 734. The van der Waals surface area contributed by atoms with Crippen LogP contribution in [0.2, 0.25) is 0 Å². The Hall–Kier alpha value is -1.81. The first-order valence-corrected chi connectivity index (χ1v) is 10.9. The topological polar surface area (TPSA) is 66.1 Å². The number of methoxy groups -OCH3 is 1. The van der Waals surface area contributed by atoms with Crippen molar-refractivity contribution in [2.45, 2.75) is 25.7 Å². The Morgan fingerprint density at radius 2 is 2.06 bits per heavy atom. The monoisotopic (exact) mass is 541 g/mol. The zero-order valence-corrected chi connectivity index (χ0v) is 21.0. The highest BCUT2D eigenvalue weighted by Gasteiger charge is 2.20. The van der Waals surface area contributed by atoms with Gasteiger partial charge in [0.25, 0.3) is 0 Å². The molecule has 0 aromatic carbocycles. The van der Waals surface area contributed by atoms with Crippen molar-refractivity contribution < 1.29 is 9.15 Å². The molecule has 172 valence electrons. The number of nitrogens with zero attached hydrogens (tertiary/aromatic N) is 4. The van der Waals surface area contributed by atoms with Crippen LogP contribution in [0.3, 0.4) is 0 Å². The minimum absolute atomic E-state index is 0. The number of ether oxygens (including phenoxy) is 1. The van der Waals surface area contributed by atoms with Crippen molar-refractivity contribution in [3.63, 3.8) is 0 Å². The van der Waals surface area contributed by atoms with Crippen molar-refractivity contribution in [2.24, 2.45) is 10.9 Å². The lowest BCUT2D eigenvalue weighted by atomic mass is 9.93. The van der Waals surface area contributed by atoms with Gasteiger partial charge in [0.2, 0.25) is 0 Å². The zero-order chi connectivity index (χ0) is 21.0. The van der Waals surface area contributed by atoms with Crippen molar-refractivity contribution in [1.29, 1.82) is 0 Å². The molecule has 0 bridgehead atoms. The van der Waals surface area contributed by atoms with Gasteiger partial charge < -0.3 is 24.3 Å². The van der Waals surface area contributed by atoms with Gasteiger partial charge >= 0.3 is 0 Å². The summed E-state index contributed by atoms with van der Waals surface area (Å²) >= 11 is 0. The molecule has 0 radical (unpaired) electrons. The number of hydrogen-bond donors (Lipinski definition) is 1. The molecule has 3 rings (SSSR count). The molecule has 1 aliphatic heterocycles. The molecule has 1 saturated heterocycles. The molecule has 1 N–H and O–H groups in total. The molecule has 0 aliphatic carbocycles. The lowest BCUT2D eigenvalue weighted by molar-refractivity contribution is 0.207. The Morgan fingerprint density at radius 1 is 1.29 bits per heavy atom. The second-order valence-corrected chi connectivity index (χ2v) is 7.80. The van der Waals surface area contributed by atoms with E-state index in [1.54, 1.807) is 13.4 Å². The lowest BCUT2D eigenvalue weighted by Crippen LogP contribution is -2.41. The third-order valence-corrected chi connectivity index (χ3v) is 5.67. The van der Waals surface area contributed by atoms with Gasteiger partial charge in [-0.2, -0.15) is 0 Å². The number of halogens is 1. The molecule has 0 unspecified atom stereocenters. The van der Waals surface area contributed by atoms with Gasteiger partial charge in [-0.05, 0) is 49.4 Å². The van der Waals surface area contributed by atoms with E-state index in [0.717, 1.165) is 50.2 Å². The van der Waals surface area contributed by atoms with Gasteiger partial charge in [-0.15, -0.1) is 24.0 Å². The summed E-state index contributed by atoms with van der Waals surface area (Å²) in [5.74, 6) is 2.68. The van der Waals surface area contributed by atoms with E-state index in [9.17, 15) is 0 Å². The van der Waals surface area contributed by atoms with E-state index in [2.05, 4.69) is 39.3 Å². The Kier molecular flexibility index (Phi) is 11.7. The molecular formula is C23H36IN5O2. The summed E-state index contributed by atoms with van der Waals surface area (Å²) in [7, 11) is 3.83. The third kappa shape index (κ3) is 8.68. The van der Waals surface area contributed by atoms with Crippen LogP contribution in [0.1, 0.15) is 25.0 Å². The number of aromatic nitrogens is 1. The Morgan fingerprint density at radius 3 is 2.74 bits per heavy atom. The van der Waals surface area contributed by atoms with Crippen LogP contribution in [0, 0.1) is 5.92 Å². The van der Waals surface area contributed by atoms with E-state index in [1.165, 1.54) is 24.9 Å². The normalized spacial score (nSPS) is 14.9. The zero-order valence-electron chi connectivity index (χ0n) is 18.7. The van der Waals surface area contributed by atoms with Gasteiger partial charge in [0, 0.05) is 64.8 Å². The fourth-order valence-corrected chi connectivity index (χ4v) is 3.82. The number of hydrogen-bond acceptors (Lipinski definition) is 5. The van der Waals surface area contributed by atoms with E-state index in [0.29, 0.717) is 13.2 Å². The van der Waals surface area contributed by atoms with Crippen LogP contribution in [0.4, 0.5) is 5.69 Å². The lowest BCUT2D eigenvalue weighted by Gasteiger charge is -2.34. The molecule has 31 heavy (non-hydrogen) atoms. The molecule has 0 saturated carbocycles. The van der Waals surface area contributed by atoms with Gasteiger partial charge in [-0.25, -0.2) is 0 Å². The highest BCUT2D eigenvalue weighted by Crippen LogP contribution is 2.24. The first-order valence-electron chi connectivity index (χ1n) is 10.9. The van der Waals surface area contributed by atoms with Gasteiger partial charge in [0.1, 0.15) is 5.76 Å². The van der Waals surface area contributed by atoms with Crippen molar-refractivity contribution in [3.8, 4) is 0 Å². The fourth-order valence-electron chi connectivity index (χ4n) is 3.82. The van der Waals surface area contributed by atoms with E-state index >= 15 is 0 Å². The number of furan rings is 1. The molecule has 7 nitrogen and oxygen atoms in total. The summed E-state index contributed by atoms with van der Waals surface area (Å²) in [5, 5.41) is 3.48. The Labute approximate surface area is 203 Å². The molecule has 1 aliphatic rings. The molecule has 0 amide bonds. The summed E-state index contributed by atoms with van der Waals surface area (Å²) in [6.45, 7) is 5.33. The summed E-state index contributed by atoms with van der Waals surface area (Å²) < 4.78 is 10.6. The van der Waals surface area contributed by atoms with Crippen LogP contribution >= 0.6 is 24.0 Å². The molecular weight excluding hydrogens is 505 g/mol. The summed E-state index contributed by atoms with van der Waals surface area (Å²) in [5.41, 5.74) is 1.29. The first-order chi connectivity index (χ1) is 14.8. The van der Waals surface area contributed by atoms with Crippen LogP contribution in [-0.4, -0.2) is 69.3 Å². The smallest absolute Gasteiger partial charge is 0.193 e. The van der Waals surface area contributed by atoms with Gasteiger partial charge in [-0.1, -0.05) is 0 Å². The van der Waals surface area contributed by atoms with Gasteiger partial charge in [0.05, 0.1) is 19.4 Å². The van der Waals surface area contributed by atoms with Crippen molar-refractivity contribution in [2.75, 3.05) is 58.4 Å². The van der Waals surface area contributed by atoms with Crippen molar-refractivity contribution in [3.05, 3.63) is 48.7 Å². The molecule has 2 aromatic rings. The predicted molar refractivity (Wildman–Crippen MR) is 136 cm³/mol. The SMILES string of the molecule is COCCN=C(NCCc1ccco1)N(C)CCC1CCN(c2ccncc2)CC1.I. The maximum absolute atomic E-state index is 5.42. The minimum atomic E-state index is 0. The summed E-state index contributed by atoms with van der Waals surface area (Å²) in [6, 6.07) is 8.14. The second kappa shape index (κ2) is 14.3. The van der Waals surface area contributed by atoms with Crippen LogP contribution in [0.15, 0.2) is 52.3 Å². The average molecular weight is 541 g/mol. The van der Waals surface area contributed by atoms with E-state index in [1.807, 2.05) is 24.5 Å². The molecule has 8 heteroatoms. The molecule has 1 fully saturated rings. The van der Waals surface area contributed by atoms with Crippen LogP contribution in [-0.2, 0) is 11.2 Å². The quantitative estimate of drug-likeness (QED) is 0.215. The molecule has 3 heterocycles. The van der Waals surface area contributed by atoms with Crippen LogP contribution in [0.25, 0.3) is 0 Å². The maximum atomic E-state index is 5.42. The predicted octanol–water partition coefficient (Wildman–Crippen LogP) is 3.67. The molecule has 0 atom stereocenters. The number of guanidine groups is 1. The average Bonchev–Trinajstić information content (AvgIpc) is 3.31. The number of aliphatic imine (C=N–C) groups is 1. The number of piperidine rings is 1. The molecule has 0 spiro atoms. The Balaban J connectivity index is 0.00000341. The van der Waals surface area contributed by atoms with Gasteiger partial charge in [0.15, 0.2) is 5.96 Å². The van der Waals surface area contributed by atoms with Gasteiger partial charge in [-0.3, -0.25) is 9.98 Å². The van der Waals surface area contributed by atoms with E-state index < -0.39 is 0 Å². The summed E-state index contributed by atoms with van der Waals surface area (Å²) in [6.07, 6.45) is 9.96. The van der Waals surface area contributed by atoms with Crippen molar-refractivity contribution in [1.82, 2.24) is 15.2 Å². The van der Waals surface area contributed by atoms with Crippen LogP contribution < -0.4 is 10.2 Å². The van der Waals surface area contributed by atoms with Crippen LogP contribution in [0.5, 0.6) is 0 Å². The maximum Gasteiger partial charge on any atom is 0.193 e. The number of anilines is 1. The number of pyridine rings is 1. The van der Waals surface area contributed by atoms with Crippen molar-refractivity contribution >= 4 is 35.6 Å². The highest BCUT2D eigenvalue weighted by atomic mass is 127. The fraction of sp³-hybridized carbons (Fsp3) is 0.565. The number of nitrogens with one attached hydrogen (secondary N) is 1. The third-order valence-electron chi connectivity index (χ3n) is 5.67. The minimum Gasteiger partial charge on any atom is -0.469 e. The second-order valence-electron chi connectivity index (χ2n) is 7.80. The first kappa shape index (κ1) is 25.5. The standard InChI is InChI=1S/C23H35N5O2.HI/c1-27(23(26-14-19-29-2)25-13-7-22-4-3-18-30-22)15-8-20-9-16-28(17-10-20)21-5-11-24-12-6-21;/h3-6,11-12,18,20H,7-10,13-17,19H2,1-2H3,(H,25,26);1H.